The molecule has 1 aromatic carbocycles. The number of carbonyl (C=O) groups is 2. The topological polar surface area (TPSA) is 69.4 Å². The highest BCUT2D eigenvalue weighted by atomic mass is 16.5. The Balaban J connectivity index is 1.58. The van der Waals surface area contributed by atoms with Crippen LogP contribution in [0, 0.1) is 5.92 Å². The number of rotatable bonds is 5. The van der Waals surface area contributed by atoms with Crippen LogP contribution in [0.25, 0.3) is 11.5 Å². The summed E-state index contributed by atoms with van der Waals surface area (Å²) in [5, 5.41) is 4.51. The molecule has 0 bridgehead atoms. The van der Waals surface area contributed by atoms with Gasteiger partial charge in [-0.2, -0.15) is 5.10 Å². The number of amides is 1. The summed E-state index contributed by atoms with van der Waals surface area (Å²) in [7, 11) is 1.41. The maximum absolute atomic E-state index is 13.3. The quantitative estimate of drug-likeness (QED) is 0.626. The molecule has 29 heavy (non-hydrogen) atoms. The Hall–Kier alpha value is -3.35. The minimum Gasteiger partial charge on any atom is -0.469 e. The van der Waals surface area contributed by atoms with Crippen molar-refractivity contribution in [2.45, 2.75) is 19.3 Å². The lowest BCUT2D eigenvalue weighted by Gasteiger charge is -2.31. The van der Waals surface area contributed by atoms with Crippen molar-refractivity contribution < 1.29 is 14.3 Å². The van der Waals surface area contributed by atoms with Crippen LogP contribution in [0.1, 0.15) is 29.6 Å². The van der Waals surface area contributed by atoms with Crippen molar-refractivity contribution in [3.8, 4) is 11.5 Å². The zero-order chi connectivity index (χ0) is 20.2. The molecule has 3 heterocycles. The van der Waals surface area contributed by atoms with Gasteiger partial charge in [-0.1, -0.05) is 18.2 Å². The Morgan fingerprint density at radius 2 is 1.76 bits per heavy atom. The first-order chi connectivity index (χ1) is 14.2. The van der Waals surface area contributed by atoms with Crippen LogP contribution in [0.15, 0.2) is 61.1 Å². The monoisotopic (exact) mass is 392 g/mol. The molecule has 2 aromatic heterocycles. The summed E-state index contributed by atoms with van der Waals surface area (Å²) in [4.78, 5) is 26.7. The Morgan fingerprint density at radius 1 is 1.07 bits per heavy atom. The molecular weight excluding hydrogens is 368 g/mol. The third-order valence-corrected chi connectivity index (χ3v) is 5.41. The largest absolute Gasteiger partial charge is 0.469 e. The van der Waals surface area contributed by atoms with E-state index in [1.807, 2.05) is 64.3 Å². The first-order valence-electron chi connectivity index (χ1n) is 9.80. The molecule has 1 amide bonds. The van der Waals surface area contributed by atoms with Crippen molar-refractivity contribution in [2.75, 3.05) is 20.2 Å². The van der Waals surface area contributed by atoms with Crippen LogP contribution in [0.3, 0.4) is 0 Å². The molecule has 1 aliphatic heterocycles. The van der Waals surface area contributed by atoms with Gasteiger partial charge in [0.05, 0.1) is 19.0 Å². The lowest BCUT2D eigenvalue weighted by atomic mass is 9.93. The first kappa shape index (κ1) is 19.0. The van der Waals surface area contributed by atoms with Crippen molar-refractivity contribution in [3.05, 3.63) is 66.6 Å². The van der Waals surface area contributed by atoms with Crippen molar-refractivity contribution in [2.24, 2.45) is 5.92 Å². The van der Waals surface area contributed by atoms with Gasteiger partial charge in [0, 0.05) is 31.9 Å². The summed E-state index contributed by atoms with van der Waals surface area (Å²) in [6.45, 7) is 1.25. The molecule has 0 unspecified atom stereocenters. The number of aromatic nitrogens is 3. The van der Waals surface area contributed by atoms with Crippen LogP contribution >= 0.6 is 0 Å². The Bertz CT molecular complexity index is 971. The first-order valence-corrected chi connectivity index (χ1v) is 9.80. The molecule has 7 heteroatoms. The number of benzene rings is 1. The summed E-state index contributed by atoms with van der Waals surface area (Å²) >= 11 is 0. The van der Waals surface area contributed by atoms with Crippen molar-refractivity contribution >= 4 is 11.9 Å². The number of nitrogens with zero attached hydrogens (tertiary/aromatic N) is 4. The fraction of sp³-hybridized carbons (Fsp3) is 0.318. The highest BCUT2D eigenvalue weighted by molar-refractivity contribution is 5.97. The zero-order valence-electron chi connectivity index (χ0n) is 16.4. The van der Waals surface area contributed by atoms with Crippen LogP contribution in [-0.4, -0.2) is 51.3 Å². The Kier molecular flexibility index (Phi) is 5.46. The number of para-hydroxylation sites is 1. The highest BCUT2D eigenvalue weighted by Gasteiger charge is 2.28. The standard InChI is InChI=1S/C22H24N4O3/c1-29-20(27)15-17-9-13-25(14-10-17)22(28)19-16-23-26(18-7-3-2-4-8-18)21(19)24-11-5-6-12-24/h2-8,11-12,16-17H,9-10,13-15H2,1H3. The molecule has 0 aliphatic carbocycles. The highest BCUT2D eigenvalue weighted by Crippen LogP contribution is 2.25. The molecule has 0 radical (unpaired) electrons. The molecule has 150 valence electrons. The predicted molar refractivity (Wildman–Crippen MR) is 108 cm³/mol. The van der Waals surface area contributed by atoms with Gasteiger partial charge < -0.3 is 14.2 Å². The molecule has 4 rings (SSSR count). The van der Waals surface area contributed by atoms with E-state index in [-0.39, 0.29) is 17.8 Å². The van der Waals surface area contributed by atoms with Gasteiger partial charge in [-0.15, -0.1) is 0 Å². The molecule has 0 atom stereocenters. The van der Waals surface area contributed by atoms with Gasteiger partial charge in [0.2, 0.25) is 0 Å². The third kappa shape index (κ3) is 3.94. The third-order valence-electron chi connectivity index (χ3n) is 5.41. The maximum Gasteiger partial charge on any atom is 0.305 e. The molecule has 3 aromatic rings. The molecule has 1 fully saturated rings. The van der Waals surface area contributed by atoms with Gasteiger partial charge in [-0.25, -0.2) is 4.68 Å². The molecular formula is C22H24N4O3. The van der Waals surface area contributed by atoms with E-state index < -0.39 is 0 Å². The molecule has 0 spiro atoms. The summed E-state index contributed by atoms with van der Waals surface area (Å²) in [5.74, 6) is 0.770. The summed E-state index contributed by atoms with van der Waals surface area (Å²) in [5.41, 5.74) is 1.46. The van der Waals surface area contributed by atoms with Crippen molar-refractivity contribution in [1.29, 1.82) is 0 Å². The van der Waals surface area contributed by atoms with Gasteiger partial charge in [0.15, 0.2) is 5.82 Å². The fourth-order valence-electron chi connectivity index (χ4n) is 3.80. The average Bonchev–Trinajstić information content (AvgIpc) is 3.44. The summed E-state index contributed by atoms with van der Waals surface area (Å²) in [6, 6.07) is 13.6. The average molecular weight is 392 g/mol. The van der Waals surface area contributed by atoms with Crippen LogP contribution < -0.4 is 0 Å². The smallest absolute Gasteiger partial charge is 0.305 e. The number of esters is 1. The van der Waals surface area contributed by atoms with E-state index in [4.69, 9.17) is 4.74 Å². The van der Waals surface area contributed by atoms with E-state index in [1.54, 1.807) is 10.9 Å². The Morgan fingerprint density at radius 3 is 2.41 bits per heavy atom. The minimum atomic E-state index is -0.186. The van der Waals surface area contributed by atoms with Crippen LogP contribution in [0.4, 0.5) is 0 Å². The van der Waals surface area contributed by atoms with Crippen molar-refractivity contribution in [3.63, 3.8) is 0 Å². The second-order valence-electron chi connectivity index (χ2n) is 7.24. The SMILES string of the molecule is COC(=O)CC1CCN(C(=O)c2cnn(-c3ccccc3)c2-n2cccc2)CC1. The van der Waals surface area contributed by atoms with Gasteiger partial charge in [-0.3, -0.25) is 9.59 Å². The summed E-state index contributed by atoms with van der Waals surface area (Å²) in [6.07, 6.45) is 7.48. The number of hydrogen-bond donors (Lipinski definition) is 0. The number of hydrogen-bond acceptors (Lipinski definition) is 4. The number of methoxy groups -OCH3 is 1. The predicted octanol–water partition coefficient (Wildman–Crippen LogP) is 3.08. The van der Waals surface area contributed by atoms with Gasteiger partial charge in [-0.05, 0) is 43.0 Å². The maximum atomic E-state index is 13.3. The number of ether oxygens (including phenoxy) is 1. The van der Waals surface area contributed by atoms with Gasteiger partial charge >= 0.3 is 5.97 Å². The van der Waals surface area contributed by atoms with E-state index in [9.17, 15) is 9.59 Å². The van der Waals surface area contributed by atoms with Crippen LogP contribution in [0.2, 0.25) is 0 Å². The molecule has 1 saturated heterocycles. The van der Waals surface area contributed by atoms with Gasteiger partial charge in [0.25, 0.3) is 5.91 Å². The van der Waals surface area contributed by atoms with Crippen LogP contribution in [-0.2, 0) is 9.53 Å². The number of piperidine rings is 1. The molecule has 0 N–H and O–H groups in total. The van der Waals surface area contributed by atoms with E-state index in [0.717, 1.165) is 24.3 Å². The molecule has 1 aliphatic rings. The fourth-order valence-corrected chi connectivity index (χ4v) is 3.80. The lowest BCUT2D eigenvalue weighted by Crippen LogP contribution is -2.39. The van der Waals surface area contributed by atoms with E-state index in [1.165, 1.54) is 7.11 Å². The zero-order valence-corrected chi connectivity index (χ0v) is 16.4. The number of likely N-dealkylation sites (tertiary alicyclic amines) is 1. The Labute approximate surface area is 169 Å². The second kappa shape index (κ2) is 8.34. The van der Waals surface area contributed by atoms with E-state index >= 15 is 0 Å². The van der Waals surface area contributed by atoms with E-state index in [0.29, 0.717) is 25.1 Å². The second-order valence-corrected chi connectivity index (χ2v) is 7.24. The van der Waals surface area contributed by atoms with Gasteiger partial charge in [0.1, 0.15) is 5.56 Å². The summed E-state index contributed by atoms with van der Waals surface area (Å²) < 4.78 is 8.47. The van der Waals surface area contributed by atoms with Crippen molar-refractivity contribution in [1.82, 2.24) is 19.2 Å². The molecule has 0 saturated carbocycles. The lowest BCUT2D eigenvalue weighted by molar-refractivity contribution is -0.142. The normalized spacial score (nSPS) is 14.7. The van der Waals surface area contributed by atoms with Crippen LogP contribution in [0.5, 0.6) is 0 Å². The minimum absolute atomic E-state index is 0.0348. The van der Waals surface area contributed by atoms with E-state index in [2.05, 4.69) is 5.10 Å². The number of carbonyl (C=O) groups excluding carboxylic acids is 2. The molecule has 7 nitrogen and oxygen atoms in total.